The van der Waals surface area contributed by atoms with Crippen molar-refractivity contribution in [1.29, 1.82) is 0 Å². The fourth-order valence-corrected chi connectivity index (χ4v) is 4.29. The topological polar surface area (TPSA) is 101 Å². The summed E-state index contributed by atoms with van der Waals surface area (Å²) in [4.78, 5) is 31.1. The minimum absolute atomic E-state index is 0.0533. The molecule has 184 valence electrons. The summed E-state index contributed by atoms with van der Waals surface area (Å²) < 4.78 is 5.60. The molecular weight excluding hydrogens is 470 g/mol. The average molecular weight is 498 g/mol. The third-order valence-electron chi connectivity index (χ3n) is 5.61. The molecular formula is C25H28ClN5O4. The summed E-state index contributed by atoms with van der Waals surface area (Å²) in [5.74, 6) is 0. The molecule has 10 heteroatoms. The SMILES string of the molecule is CC(C)(C)OC(=O)N(Nc1c([N+](=O)[O-])c(Cl)nc2ccccc12)c1ccc(CN2CCCC2)cc1. The Labute approximate surface area is 208 Å². The van der Waals surface area contributed by atoms with E-state index in [9.17, 15) is 14.9 Å². The molecule has 2 aromatic carbocycles. The number of hydrogen-bond acceptors (Lipinski definition) is 7. The Morgan fingerprint density at radius 2 is 1.83 bits per heavy atom. The molecule has 4 rings (SSSR count). The summed E-state index contributed by atoms with van der Waals surface area (Å²) in [5, 5.41) is 13.2. The fraction of sp³-hybridized carbons (Fsp3) is 0.360. The van der Waals surface area contributed by atoms with Gasteiger partial charge in [0.15, 0.2) is 0 Å². The second-order valence-corrected chi connectivity index (χ2v) is 9.84. The van der Waals surface area contributed by atoms with Crippen LogP contribution in [0.2, 0.25) is 5.15 Å². The van der Waals surface area contributed by atoms with Crippen molar-refractivity contribution in [2.75, 3.05) is 23.5 Å². The van der Waals surface area contributed by atoms with Crippen molar-refractivity contribution in [2.24, 2.45) is 0 Å². The van der Waals surface area contributed by atoms with Crippen LogP contribution in [-0.2, 0) is 11.3 Å². The van der Waals surface area contributed by atoms with Gasteiger partial charge in [-0.2, -0.15) is 5.01 Å². The number of nitro groups is 1. The number of amides is 1. The van der Waals surface area contributed by atoms with Crippen LogP contribution in [0.1, 0.15) is 39.2 Å². The van der Waals surface area contributed by atoms with Gasteiger partial charge in [0.05, 0.1) is 16.1 Å². The van der Waals surface area contributed by atoms with Crippen molar-refractivity contribution in [3.05, 3.63) is 69.4 Å². The number of benzene rings is 2. The highest BCUT2D eigenvalue weighted by Gasteiger charge is 2.30. The van der Waals surface area contributed by atoms with Crippen LogP contribution in [0.3, 0.4) is 0 Å². The zero-order chi connectivity index (χ0) is 25.2. The number of carbonyl (C=O) groups is 1. The molecule has 0 atom stereocenters. The highest BCUT2D eigenvalue weighted by molar-refractivity contribution is 6.33. The summed E-state index contributed by atoms with van der Waals surface area (Å²) >= 11 is 6.19. The van der Waals surface area contributed by atoms with Crippen LogP contribution in [-0.4, -0.2) is 39.6 Å². The van der Waals surface area contributed by atoms with E-state index in [1.807, 2.05) is 12.1 Å². The zero-order valence-corrected chi connectivity index (χ0v) is 20.7. The molecule has 0 unspecified atom stereocenters. The molecule has 35 heavy (non-hydrogen) atoms. The maximum atomic E-state index is 13.2. The predicted molar refractivity (Wildman–Crippen MR) is 137 cm³/mol. The number of hydrazine groups is 1. The molecule has 1 N–H and O–H groups in total. The van der Waals surface area contributed by atoms with Gasteiger partial charge >= 0.3 is 11.8 Å². The van der Waals surface area contributed by atoms with Crippen molar-refractivity contribution in [1.82, 2.24) is 9.88 Å². The van der Waals surface area contributed by atoms with Gasteiger partial charge in [0.25, 0.3) is 0 Å². The average Bonchev–Trinajstić information content (AvgIpc) is 3.29. The molecule has 1 amide bonds. The van der Waals surface area contributed by atoms with E-state index in [0.717, 1.165) is 30.2 Å². The minimum atomic E-state index is -0.781. The van der Waals surface area contributed by atoms with Crippen molar-refractivity contribution in [2.45, 2.75) is 45.8 Å². The maximum absolute atomic E-state index is 13.2. The molecule has 0 bridgehead atoms. The summed E-state index contributed by atoms with van der Waals surface area (Å²) in [6.45, 7) is 8.24. The Morgan fingerprint density at radius 3 is 2.46 bits per heavy atom. The molecule has 9 nitrogen and oxygen atoms in total. The van der Waals surface area contributed by atoms with E-state index >= 15 is 0 Å². The molecule has 1 fully saturated rings. The number of ether oxygens (including phenoxy) is 1. The van der Waals surface area contributed by atoms with E-state index in [-0.39, 0.29) is 10.8 Å². The van der Waals surface area contributed by atoms with E-state index < -0.39 is 22.3 Å². The lowest BCUT2D eigenvalue weighted by Gasteiger charge is -2.28. The van der Waals surface area contributed by atoms with Crippen LogP contribution in [0.25, 0.3) is 10.9 Å². The monoisotopic (exact) mass is 497 g/mol. The van der Waals surface area contributed by atoms with Gasteiger partial charge < -0.3 is 4.74 Å². The van der Waals surface area contributed by atoms with Crippen molar-refractivity contribution in [3.8, 4) is 0 Å². The number of rotatable bonds is 6. The zero-order valence-electron chi connectivity index (χ0n) is 20.0. The molecule has 1 saturated heterocycles. The third-order valence-corrected chi connectivity index (χ3v) is 5.87. The number of para-hydroxylation sites is 1. The Hall–Kier alpha value is -3.43. The molecule has 0 spiro atoms. The lowest BCUT2D eigenvalue weighted by Crippen LogP contribution is -2.41. The number of carbonyl (C=O) groups excluding carboxylic acids is 1. The van der Waals surface area contributed by atoms with E-state index in [1.165, 1.54) is 12.8 Å². The smallest absolute Gasteiger partial charge is 0.433 e. The van der Waals surface area contributed by atoms with Gasteiger partial charge in [-0.3, -0.25) is 20.4 Å². The third kappa shape index (κ3) is 5.80. The highest BCUT2D eigenvalue weighted by Crippen LogP contribution is 2.38. The first-order valence-electron chi connectivity index (χ1n) is 11.5. The van der Waals surface area contributed by atoms with Gasteiger partial charge in [0.2, 0.25) is 5.15 Å². The lowest BCUT2D eigenvalue weighted by molar-refractivity contribution is -0.384. The highest BCUT2D eigenvalue weighted by atomic mass is 35.5. The van der Waals surface area contributed by atoms with Gasteiger partial charge in [-0.1, -0.05) is 41.9 Å². The Bertz CT molecular complexity index is 1240. The Balaban J connectivity index is 1.74. The summed E-state index contributed by atoms with van der Waals surface area (Å²) in [6.07, 6.45) is 1.70. The predicted octanol–water partition coefficient (Wildman–Crippen LogP) is 6.16. The second-order valence-electron chi connectivity index (χ2n) is 9.48. The molecule has 0 saturated carbocycles. The number of nitrogens with zero attached hydrogens (tertiary/aromatic N) is 4. The van der Waals surface area contributed by atoms with Gasteiger partial charge in [-0.15, -0.1) is 0 Å². The first-order chi connectivity index (χ1) is 16.6. The van der Waals surface area contributed by atoms with Crippen molar-refractivity contribution in [3.63, 3.8) is 0 Å². The van der Waals surface area contributed by atoms with Crippen LogP contribution in [0.5, 0.6) is 0 Å². The number of likely N-dealkylation sites (tertiary alicyclic amines) is 1. The molecule has 0 radical (unpaired) electrons. The van der Waals surface area contributed by atoms with Crippen molar-refractivity contribution >= 4 is 45.7 Å². The number of anilines is 2. The van der Waals surface area contributed by atoms with Crippen molar-refractivity contribution < 1.29 is 14.5 Å². The molecule has 1 aliphatic heterocycles. The first kappa shape index (κ1) is 24.7. The van der Waals surface area contributed by atoms with E-state index in [0.29, 0.717) is 16.6 Å². The lowest BCUT2D eigenvalue weighted by atomic mass is 10.1. The Morgan fingerprint density at radius 1 is 1.17 bits per heavy atom. The van der Waals surface area contributed by atoms with Gasteiger partial charge in [-0.05, 0) is 70.5 Å². The number of halogens is 1. The number of pyridine rings is 1. The Kier molecular flexibility index (Phi) is 7.09. The summed E-state index contributed by atoms with van der Waals surface area (Å²) in [5.41, 5.74) is 3.81. The van der Waals surface area contributed by atoms with Gasteiger partial charge in [0, 0.05) is 11.9 Å². The second kappa shape index (κ2) is 10.1. The normalized spacial score (nSPS) is 14.2. The summed E-state index contributed by atoms with van der Waals surface area (Å²) in [7, 11) is 0. The molecule has 3 aromatic rings. The quantitative estimate of drug-likeness (QED) is 0.247. The first-order valence-corrected chi connectivity index (χ1v) is 11.8. The molecule has 1 aromatic heterocycles. The van der Waals surface area contributed by atoms with Crippen LogP contribution < -0.4 is 10.4 Å². The number of aromatic nitrogens is 1. The largest absolute Gasteiger partial charge is 0.442 e. The van der Waals surface area contributed by atoms with Crippen LogP contribution in [0.15, 0.2) is 48.5 Å². The van der Waals surface area contributed by atoms with Gasteiger partial charge in [0.1, 0.15) is 11.3 Å². The van der Waals surface area contributed by atoms with Crippen LogP contribution in [0.4, 0.5) is 21.9 Å². The van der Waals surface area contributed by atoms with E-state index in [4.69, 9.17) is 16.3 Å². The number of fused-ring (bicyclic) bond motifs is 1. The summed E-state index contributed by atoms with van der Waals surface area (Å²) in [6, 6.07) is 14.3. The van der Waals surface area contributed by atoms with Crippen LogP contribution >= 0.6 is 11.6 Å². The van der Waals surface area contributed by atoms with E-state index in [1.54, 1.807) is 57.2 Å². The van der Waals surface area contributed by atoms with Crippen LogP contribution in [0, 0.1) is 10.1 Å². The fourth-order valence-electron chi connectivity index (χ4n) is 4.04. The maximum Gasteiger partial charge on any atom is 0.433 e. The number of hydrogen-bond donors (Lipinski definition) is 1. The minimum Gasteiger partial charge on any atom is -0.442 e. The molecule has 0 aliphatic carbocycles. The van der Waals surface area contributed by atoms with Gasteiger partial charge in [-0.25, -0.2) is 9.78 Å². The molecule has 2 heterocycles. The number of nitrogens with one attached hydrogen (secondary N) is 1. The molecule has 1 aliphatic rings. The standard InChI is InChI=1S/C25H28ClN5O4/c1-25(2,3)35-24(32)30(18-12-10-17(11-13-18)16-29-14-6-7-15-29)28-21-19-8-4-5-9-20(19)27-23(26)22(21)31(33)34/h4-5,8-13H,6-7,14-16H2,1-3H3,(H,27,28). The van der Waals surface area contributed by atoms with E-state index in [2.05, 4.69) is 15.3 Å².